The fraction of sp³-hybridized carbons (Fsp3) is 0.0526. The molecular weight excluding hydrogens is 318 g/mol. The molecule has 3 heterocycles. The van der Waals surface area contributed by atoms with E-state index in [1.165, 1.54) is 0 Å². The zero-order valence-electron chi connectivity index (χ0n) is 12.8. The van der Waals surface area contributed by atoms with Crippen molar-refractivity contribution in [1.82, 2.24) is 9.55 Å². The van der Waals surface area contributed by atoms with Crippen molar-refractivity contribution in [3.8, 4) is 0 Å². The van der Waals surface area contributed by atoms with E-state index in [2.05, 4.69) is 38.4 Å². The normalized spacial score (nSPS) is 10.8. The van der Waals surface area contributed by atoms with Crippen molar-refractivity contribution in [2.24, 2.45) is 0 Å². The molecule has 0 spiro atoms. The van der Waals surface area contributed by atoms with Crippen LogP contribution in [0.1, 0.15) is 16.1 Å². The molecule has 0 saturated heterocycles. The Labute approximate surface area is 143 Å². The number of rotatable bonds is 4. The van der Waals surface area contributed by atoms with Gasteiger partial charge in [0, 0.05) is 12.7 Å². The molecule has 5 heteroatoms. The minimum atomic E-state index is -0.123. The van der Waals surface area contributed by atoms with E-state index in [9.17, 15) is 4.79 Å². The van der Waals surface area contributed by atoms with Gasteiger partial charge in [0.1, 0.15) is 5.69 Å². The third kappa shape index (κ3) is 2.81. The first kappa shape index (κ1) is 14.7. The third-order valence-corrected chi connectivity index (χ3v) is 4.71. The quantitative estimate of drug-likeness (QED) is 0.602. The van der Waals surface area contributed by atoms with E-state index in [1.807, 2.05) is 30.3 Å². The number of amides is 1. The predicted octanol–water partition coefficient (Wildman–Crippen LogP) is 4.40. The summed E-state index contributed by atoms with van der Waals surface area (Å²) in [6.45, 7) is 0.664. The minimum Gasteiger partial charge on any atom is -0.331 e. The molecule has 0 aliphatic carbocycles. The molecule has 24 heavy (non-hydrogen) atoms. The molecule has 0 aliphatic heterocycles. The zero-order valence-corrected chi connectivity index (χ0v) is 13.7. The second-order valence-corrected chi connectivity index (χ2v) is 6.41. The Kier molecular flexibility index (Phi) is 3.84. The van der Waals surface area contributed by atoms with Gasteiger partial charge in [-0.05, 0) is 35.2 Å². The van der Waals surface area contributed by atoms with Crippen molar-refractivity contribution in [2.45, 2.75) is 6.54 Å². The van der Waals surface area contributed by atoms with E-state index in [-0.39, 0.29) is 5.91 Å². The predicted molar refractivity (Wildman–Crippen MR) is 97.5 cm³/mol. The third-order valence-electron chi connectivity index (χ3n) is 3.86. The number of nitrogens with one attached hydrogen (secondary N) is 1. The maximum atomic E-state index is 12.7. The largest absolute Gasteiger partial charge is 0.331 e. The molecule has 3 aromatic heterocycles. The first-order chi connectivity index (χ1) is 11.8. The van der Waals surface area contributed by atoms with Gasteiger partial charge < -0.3 is 9.88 Å². The molecule has 0 aliphatic rings. The maximum absolute atomic E-state index is 12.7. The Hall–Kier alpha value is -2.92. The van der Waals surface area contributed by atoms with Gasteiger partial charge in [-0.1, -0.05) is 30.3 Å². The molecule has 4 nitrogen and oxygen atoms in total. The number of carbonyl (C=O) groups is 1. The van der Waals surface area contributed by atoms with Crippen LogP contribution in [-0.2, 0) is 6.54 Å². The summed E-state index contributed by atoms with van der Waals surface area (Å²) in [6, 6.07) is 17.8. The van der Waals surface area contributed by atoms with Gasteiger partial charge in [0.05, 0.1) is 22.1 Å². The van der Waals surface area contributed by atoms with Gasteiger partial charge in [-0.2, -0.15) is 0 Å². The molecular formula is C19H15N3OS. The molecule has 1 amide bonds. The van der Waals surface area contributed by atoms with Crippen LogP contribution in [0.3, 0.4) is 0 Å². The fourth-order valence-electron chi connectivity index (χ4n) is 2.73. The van der Waals surface area contributed by atoms with Gasteiger partial charge in [-0.15, -0.1) is 11.3 Å². The van der Waals surface area contributed by atoms with E-state index in [0.717, 1.165) is 15.8 Å². The number of carbonyl (C=O) groups excluding carboxylic acids is 1. The van der Waals surface area contributed by atoms with Crippen LogP contribution in [0.4, 0.5) is 5.69 Å². The minimum absolute atomic E-state index is 0.123. The molecule has 4 aromatic rings. The van der Waals surface area contributed by atoms with E-state index in [0.29, 0.717) is 17.9 Å². The Bertz CT molecular complexity index is 974. The van der Waals surface area contributed by atoms with Crippen molar-refractivity contribution in [3.63, 3.8) is 0 Å². The summed E-state index contributed by atoms with van der Waals surface area (Å²) in [7, 11) is 0. The molecule has 0 saturated carbocycles. The highest BCUT2D eigenvalue weighted by Gasteiger charge is 2.17. The van der Waals surface area contributed by atoms with E-state index < -0.39 is 0 Å². The van der Waals surface area contributed by atoms with Gasteiger partial charge >= 0.3 is 0 Å². The highest BCUT2D eigenvalue weighted by atomic mass is 32.1. The standard InChI is InChI=1S/C19H15N3OS/c23-19(21-15-7-4-9-20-12-15)17-11-18-16(8-10-24-18)22(17)13-14-5-2-1-3-6-14/h1-12H,13H2,(H,21,23). The summed E-state index contributed by atoms with van der Waals surface area (Å²) < 4.78 is 3.18. The molecule has 0 atom stereocenters. The van der Waals surface area contributed by atoms with Crippen LogP contribution in [0, 0.1) is 0 Å². The summed E-state index contributed by atoms with van der Waals surface area (Å²) >= 11 is 1.64. The monoisotopic (exact) mass is 333 g/mol. The van der Waals surface area contributed by atoms with E-state index in [1.54, 1.807) is 29.8 Å². The fourth-order valence-corrected chi connectivity index (χ4v) is 3.56. The van der Waals surface area contributed by atoms with Crippen LogP contribution in [-0.4, -0.2) is 15.5 Å². The summed E-state index contributed by atoms with van der Waals surface area (Å²) in [5.74, 6) is -0.123. The smallest absolute Gasteiger partial charge is 0.272 e. The number of hydrogen-bond donors (Lipinski definition) is 1. The first-order valence-corrected chi connectivity index (χ1v) is 8.51. The number of aromatic nitrogens is 2. The Morgan fingerprint density at radius 2 is 2.00 bits per heavy atom. The maximum Gasteiger partial charge on any atom is 0.272 e. The molecule has 118 valence electrons. The second-order valence-electron chi connectivity index (χ2n) is 5.47. The molecule has 0 unspecified atom stereocenters. The molecule has 4 rings (SSSR count). The topological polar surface area (TPSA) is 46.9 Å². The number of nitrogens with zero attached hydrogens (tertiary/aromatic N) is 2. The number of hydrogen-bond acceptors (Lipinski definition) is 3. The van der Waals surface area contributed by atoms with Crippen LogP contribution in [0.25, 0.3) is 10.2 Å². The number of anilines is 1. The van der Waals surface area contributed by atoms with E-state index >= 15 is 0 Å². The second kappa shape index (κ2) is 6.29. The average molecular weight is 333 g/mol. The van der Waals surface area contributed by atoms with Crippen LogP contribution in [0.2, 0.25) is 0 Å². The van der Waals surface area contributed by atoms with Crippen molar-refractivity contribution in [2.75, 3.05) is 5.32 Å². The lowest BCUT2D eigenvalue weighted by Gasteiger charge is -2.11. The van der Waals surface area contributed by atoms with Crippen LogP contribution < -0.4 is 5.32 Å². The van der Waals surface area contributed by atoms with Gasteiger partial charge in [0.2, 0.25) is 0 Å². The highest BCUT2D eigenvalue weighted by Crippen LogP contribution is 2.26. The number of benzene rings is 1. The van der Waals surface area contributed by atoms with Crippen molar-refractivity contribution in [1.29, 1.82) is 0 Å². The number of fused-ring (bicyclic) bond motifs is 1. The molecule has 0 fully saturated rings. The lowest BCUT2D eigenvalue weighted by Crippen LogP contribution is -2.17. The molecule has 0 bridgehead atoms. The summed E-state index contributed by atoms with van der Waals surface area (Å²) in [6.07, 6.45) is 3.33. The Morgan fingerprint density at radius 1 is 1.12 bits per heavy atom. The van der Waals surface area contributed by atoms with Gasteiger partial charge in [-0.3, -0.25) is 9.78 Å². The van der Waals surface area contributed by atoms with Gasteiger partial charge in [0.15, 0.2) is 0 Å². The van der Waals surface area contributed by atoms with E-state index in [4.69, 9.17) is 0 Å². The summed E-state index contributed by atoms with van der Waals surface area (Å²) in [5, 5.41) is 4.97. The van der Waals surface area contributed by atoms with Gasteiger partial charge in [0.25, 0.3) is 5.91 Å². The molecule has 1 aromatic carbocycles. The van der Waals surface area contributed by atoms with Crippen molar-refractivity contribution in [3.05, 3.63) is 83.6 Å². The van der Waals surface area contributed by atoms with Crippen LogP contribution in [0.15, 0.2) is 72.4 Å². The number of pyridine rings is 1. The average Bonchev–Trinajstić information content (AvgIpc) is 3.19. The SMILES string of the molecule is O=C(Nc1cccnc1)c1cc2sccc2n1Cc1ccccc1. The number of thiophene rings is 1. The van der Waals surface area contributed by atoms with Crippen LogP contribution >= 0.6 is 11.3 Å². The Balaban J connectivity index is 1.71. The summed E-state index contributed by atoms with van der Waals surface area (Å²) in [4.78, 5) is 16.8. The van der Waals surface area contributed by atoms with Crippen molar-refractivity contribution < 1.29 is 4.79 Å². The van der Waals surface area contributed by atoms with Crippen molar-refractivity contribution >= 4 is 33.1 Å². The lowest BCUT2D eigenvalue weighted by molar-refractivity contribution is 0.101. The zero-order chi connectivity index (χ0) is 16.4. The summed E-state index contributed by atoms with van der Waals surface area (Å²) in [5.41, 5.74) is 3.60. The Morgan fingerprint density at radius 3 is 2.79 bits per heavy atom. The van der Waals surface area contributed by atoms with Gasteiger partial charge in [-0.25, -0.2) is 0 Å². The molecule has 1 N–H and O–H groups in total. The highest BCUT2D eigenvalue weighted by molar-refractivity contribution is 7.17. The van der Waals surface area contributed by atoms with Crippen LogP contribution in [0.5, 0.6) is 0 Å². The first-order valence-electron chi connectivity index (χ1n) is 7.63. The molecule has 0 radical (unpaired) electrons. The lowest BCUT2D eigenvalue weighted by atomic mass is 10.2.